The highest BCUT2D eigenvalue weighted by Gasteiger charge is 2.28. The fraction of sp³-hybridized carbons (Fsp3) is 0.737. The van der Waals surface area contributed by atoms with E-state index in [0.717, 1.165) is 51.9 Å². The normalized spacial score (nSPS) is 20.2. The van der Waals surface area contributed by atoms with Gasteiger partial charge in [-0.2, -0.15) is 4.98 Å². The molecule has 1 amide bonds. The Bertz CT molecular complexity index is 581. The Balaban J connectivity index is 1.43. The molecular weight excluding hydrogens is 330 g/mol. The molecule has 2 saturated heterocycles. The number of piperidine rings is 2. The SMILES string of the molecule is CCCN1CCC(NC(=O)C2CCN(c3nccc(OC)n3)CC2)CC1. The molecule has 0 atom stereocenters. The van der Waals surface area contributed by atoms with Crippen molar-refractivity contribution in [2.45, 2.75) is 45.1 Å². The maximum atomic E-state index is 12.6. The molecular formula is C19H31N5O2. The molecule has 26 heavy (non-hydrogen) atoms. The smallest absolute Gasteiger partial charge is 0.228 e. The minimum absolute atomic E-state index is 0.102. The van der Waals surface area contributed by atoms with Crippen LogP contribution in [0.3, 0.4) is 0 Å². The molecule has 0 aliphatic carbocycles. The van der Waals surface area contributed by atoms with Gasteiger partial charge in [0.15, 0.2) is 0 Å². The van der Waals surface area contributed by atoms with Crippen LogP contribution in [0.1, 0.15) is 39.0 Å². The monoisotopic (exact) mass is 361 g/mol. The van der Waals surface area contributed by atoms with Gasteiger partial charge in [0.1, 0.15) is 0 Å². The van der Waals surface area contributed by atoms with Gasteiger partial charge in [-0.15, -0.1) is 0 Å². The van der Waals surface area contributed by atoms with Gasteiger partial charge in [0.2, 0.25) is 17.7 Å². The second-order valence-electron chi connectivity index (χ2n) is 7.28. The lowest BCUT2D eigenvalue weighted by Crippen LogP contribution is -2.48. The average Bonchev–Trinajstić information content (AvgIpc) is 2.70. The Morgan fingerprint density at radius 3 is 2.62 bits per heavy atom. The first kappa shape index (κ1) is 18.9. The average molecular weight is 361 g/mol. The second kappa shape index (κ2) is 9.16. The number of hydrogen-bond donors (Lipinski definition) is 1. The van der Waals surface area contributed by atoms with E-state index in [4.69, 9.17) is 4.74 Å². The van der Waals surface area contributed by atoms with Crippen molar-refractivity contribution in [1.29, 1.82) is 0 Å². The van der Waals surface area contributed by atoms with E-state index in [2.05, 4.69) is 32.0 Å². The molecule has 144 valence electrons. The van der Waals surface area contributed by atoms with E-state index in [0.29, 0.717) is 17.9 Å². The van der Waals surface area contributed by atoms with E-state index in [1.54, 1.807) is 19.4 Å². The van der Waals surface area contributed by atoms with Crippen LogP contribution in [0.4, 0.5) is 5.95 Å². The van der Waals surface area contributed by atoms with Gasteiger partial charge in [-0.05, 0) is 38.6 Å². The van der Waals surface area contributed by atoms with Crippen molar-refractivity contribution in [3.05, 3.63) is 12.3 Å². The third-order valence-electron chi connectivity index (χ3n) is 5.45. The first-order chi connectivity index (χ1) is 12.7. The molecule has 0 unspecified atom stereocenters. The zero-order valence-electron chi connectivity index (χ0n) is 16.0. The molecule has 0 saturated carbocycles. The zero-order valence-corrected chi connectivity index (χ0v) is 16.0. The maximum absolute atomic E-state index is 12.6. The molecule has 7 heteroatoms. The van der Waals surface area contributed by atoms with Crippen LogP contribution >= 0.6 is 0 Å². The van der Waals surface area contributed by atoms with E-state index in [-0.39, 0.29) is 11.8 Å². The topological polar surface area (TPSA) is 70.6 Å². The molecule has 1 aromatic heterocycles. The summed E-state index contributed by atoms with van der Waals surface area (Å²) in [5.74, 6) is 1.59. The number of anilines is 1. The Morgan fingerprint density at radius 2 is 1.96 bits per heavy atom. The molecule has 3 rings (SSSR count). The highest BCUT2D eigenvalue weighted by Crippen LogP contribution is 2.22. The molecule has 1 N–H and O–H groups in total. The van der Waals surface area contributed by atoms with Crippen LogP contribution in [-0.4, -0.2) is 66.7 Å². The summed E-state index contributed by atoms with van der Waals surface area (Å²) in [6.45, 7) is 7.21. The number of hydrogen-bond acceptors (Lipinski definition) is 6. The van der Waals surface area contributed by atoms with Crippen LogP contribution in [-0.2, 0) is 4.79 Å². The molecule has 1 aromatic rings. The van der Waals surface area contributed by atoms with Crippen LogP contribution in [0.15, 0.2) is 12.3 Å². The number of rotatable bonds is 6. The number of carbonyl (C=O) groups is 1. The summed E-state index contributed by atoms with van der Waals surface area (Å²) < 4.78 is 5.17. The highest BCUT2D eigenvalue weighted by molar-refractivity contribution is 5.79. The van der Waals surface area contributed by atoms with Gasteiger partial charge in [0.25, 0.3) is 0 Å². The number of likely N-dealkylation sites (tertiary alicyclic amines) is 1. The Kier molecular flexibility index (Phi) is 6.66. The summed E-state index contributed by atoms with van der Waals surface area (Å²) in [6, 6.07) is 2.09. The minimum Gasteiger partial charge on any atom is -0.481 e. The first-order valence-electron chi connectivity index (χ1n) is 9.84. The van der Waals surface area contributed by atoms with E-state index in [1.165, 1.54) is 13.0 Å². The molecule has 0 radical (unpaired) electrons. The minimum atomic E-state index is 0.102. The van der Waals surface area contributed by atoms with Crippen molar-refractivity contribution < 1.29 is 9.53 Å². The summed E-state index contributed by atoms with van der Waals surface area (Å²) in [7, 11) is 1.61. The van der Waals surface area contributed by atoms with Gasteiger partial charge in [0.05, 0.1) is 7.11 Å². The van der Waals surface area contributed by atoms with Gasteiger partial charge < -0.3 is 19.9 Å². The lowest BCUT2D eigenvalue weighted by molar-refractivity contribution is -0.126. The fourth-order valence-electron chi connectivity index (χ4n) is 3.88. The summed E-state index contributed by atoms with van der Waals surface area (Å²) >= 11 is 0. The van der Waals surface area contributed by atoms with E-state index < -0.39 is 0 Å². The van der Waals surface area contributed by atoms with Crippen molar-refractivity contribution in [2.24, 2.45) is 5.92 Å². The summed E-state index contributed by atoms with van der Waals surface area (Å²) in [5, 5.41) is 3.29. The van der Waals surface area contributed by atoms with Gasteiger partial charge >= 0.3 is 0 Å². The van der Waals surface area contributed by atoms with Gasteiger partial charge in [-0.3, -0.25) is 4.79 Å². The Hall–Kier alpha value is -1.89. The molecule has 0 spiro atoms. The largest absolute Gasteiger partial charge is 0.481 e. The standard InChI is InChI=1S/C19H31N5O2/c1-3-10-23-11-7-16(8-12-23)21-18(25)15-5-13-24(14-6-15)19-20-9-4-17(22-19)26-2/h4,9,15-16H,3,5-8,10-14H2,1-2H3,(H,21,25). The highest BCUT2D eigenvalue weighted by atomic mass is 16.5. The Labute approximate surface area is 156 Å². The fourth-order valence-corrected chi connectivity index (χ4v) is 3.88. The zero-order chi connectivity index (χ0) is 18.4. The van der Waals surface area contributed by atoms with Gasteiger partial charge in [-0.1, -0.05) is 6.92 Å². The van der Waals surface area contributed by atoms with Gasteiger partial charge in [0, 0.05) is 50.4 Å². The van der Waals surface area contributed by atoms with Crippen molar-refractivity contribution in [1.82, 2.24) is 20.2 Å². The second-order valence-corrected chi connectivity index (χ2v) is 7.28. The van der Waals surface area contributed by atoms with Crippen LogP contribution in [0, 0.1) is 5.92 Å². The Morgan fingerprint density at radius 1 is 1.23 bits per heavy atom. The molecule has 7 nitrogen and oxygen atoms in total. The van der Waals surface area contributed by atoms with E-state index >= 15 is 0 Å². The van der Waals surface area contributed by atoms with Crippen molar-refractivity contribution in [3.8, 4) is 5.88 Å². The number of methoxy groups -OCH3 is 1. The lowest BCUT2D eigenvalue weighted by atomic mass is 9.95. The first-order valence-corrected chi connectivity index (χ1v) is 9.84. The maximum Gasteiger partial charge on any atom is 0.228 e. The molecule has 2 aliphatic rings. The molecule has 0 aromatic carbocycles. The number of amides is 1. The number of nitrogens with one attached hydrogen (secondary N) is 1. The predicted molar refractivity (Wildman–Crippen MR) is 101 cm³/mol. The number of aromatic nitrogens is 2. The third-order valence-corrected chi connectivity index (χ3v) is 5.45. The van der Waals surface area contributed by atoms with Crippen molar-refractivity contribution in [3.63, 3.8) is 0 Å². The quantitative estimate of drug-likeness (QED) is 0.831. The van der Waals surface area contributed by atoms with Crippen molar-refractivity contribution in [2.75, 3.05) is 44.7 Å². The number of nitrogens with zero attached hydrogens (tertiary/aromatic N) is 4. The van der Waals surface area contributed by atoms with Crippen LogP contribution in [0.5, 0.6) is 5.88 Å². The molecule has 0 bridgehead atoms. The summed E-state index contributed by atoms with van der Waals surface area (Å²) in [5.41, 5.74) is 0. The predicted octanol–water partition coefficient (Wildman–Crippen LogP) is 1.69. The third kappa shape index (κ3) is 4.84. The van der Waals surface area contributed by atoms with Crippen molar-refractivity contribution >= 4 is 11.9 Å². The van der Waals surface area contributed by atoms with Crippen LogP contribution in [0.2, 0.25) is 0 Å². The lowest BCUT2D eigenvalue weighted by Gasteiger charge is -2.35. The molecule has 2 aliphatic heterocycles. The molecule has 3 heterocycles. The number of carbonyl (C=O) groups excluding carboxylic acids is 1. The molecule has 2 fully saturated rings. The van der Waals surface area contributed by atoms with E-state index in [1.807, 2.05) is 0 Å². The van der Waals surface area contributed by atoms with Crippen LogP contribution < -0.4 is 15.0 Å². The summed E-state index contributed by atoms with van der Waals surface area (Å²) in [6.07, 6.45) is 6.75. The van der Waals surface area contributed by atoms with E-state index in [9.17, 15) is 4.79 Å². The number of ether oxygens (including phenoxy) is 1. The van der Waals surface area contributed by atoms with Gasteiger partial charge in [-0.25, -0.2) is 4.98 Å². The van der Waals surface area contributed by atoms with Crippen LogP contribution in [0.25, 0.3) is 0 Å². The summed E-state index contributed by atoms with van der Waals surface area (Å²) in [4.78, 5) is 26.0.